The van der Waals surface area contributed by atoms with Crippen LogP contribution in [-0.4, -0.2) is 31.4 Å². The van der Waals surface area contributed by atoms with Crippen LogP contribution < -0.4 is 16.0 Å². The van der Waals surface area contributed by atoms with Crippen molar-refractivity contribution >= 4 is 17.5 Å². The van der Waals surface area contributed by atoms with Crippen molar-refractivity contribution in [3.8, 4) is 0 Å². The smallest absolute Gasteiger partial charge is 0.251 e. The summed E-state index contributed by atoms with van der Waals surface area (Å²) < 4.78 is 0. The van der Waals surface area contributed by atoms with Crippen molar-refractivity contribution in [1.29, 1.82) is 0 Å². The van der Waals surface area contributed by atoms with Crippen molar-refractivity contribution in [1.82, 2.24) is 10.6 Å². The van der Waals surface area contributed by atoms with E-state index < -0.39 is 0 Å². The molecular formula is C14H21N3O2. The third kappa shape index (κ3) is 5.42. The lowest BCUT2D eigenvalue weighted by atomic mass is 10.2. The van der Waals surface area contributed by atoms with Gasteiger partial charge >= 0.3 is 0 Å². The number of carbonyl (C=O) groups is 2. The van der Waals surface area contributed by atoms with E-state index in [-0.39, 0.29) is 18.4 Å². The number of hydrogen-bond donors (Lipinski definition) is 3. The van der Waals surface area contributed by atoms with Gasteiger partial charge in [-0.1, -0.05) is 6.92 Å². The summed E-state index contributed by atoms with van der Waals surface area (Å²) in [6.07, 6.45) is 0.915. The van der Waals surface area contributed by atoms with E-state index in [0.717, 1.165) is 12.1 Å². The highest BCUT2D eigenvalue weighted by molar-refractivity contribution is 5.94. The number of anilines is 1. The number of likely N-dealkylation sites (N-methyl/N-ethyl adjacent to an activating group) is 1. The van der Waals surface area contributed by atoms with E-state index >= 15 is 0 Å². The Morgan fingerprint density at radius 2 is 1.74 bits per heavy atom. The van der Waals surface area contributed by atoms with E-state index in [2.05, 4.69) is 16.0 Å². The van der Waals surface area contributed by atoms with Crippen molar-refractivity contribution in [2.24, 2.45) is 0 Å². The molecule has 0 unspecified atom stereocenters. The SMILES string of the molecule is CCCNC(=O)c1ccc(NCC(=O)NCC)cc1. The van der Waals surface area contributed by atoms with Gasteiger partial charge in [-0.15, -0.1) is 0 Å². The lowest BCUT2D eigenvalue weighted by Crippen LogP contribution is -2.29. The first-order chi connectivity index (χ1) is 9.17. The van der Waals surface area contributed by atoms with Gasteiger partial charge in [0, 0.05) is 24.3 Å². The van der Waals surface area contributed by atoms with Crippen LogP contribution in [0.25, 0.3) is 0 Å². The highest BCUT2D eigenvalue weighted by Gasteiger charge is 2.04. The highest BCUT2D eigenvalue weighted by atomic mass is 16.2. The Morgan fingerprint density at radius 1 is 1.05 bits per heavy atom. The highest BCUT2D eigenvalue weighted by Crippen LogP contribution is 2.09. The fourth-order valence-electron chi connectivity index (χ4n) is 1.52. The van der Waals surface area contributed by atoms with Gasteiger partial charge in [-0.2, -0.15) is 0 Å². The van der Waals surface area contributed by atoms with Gasteiger partial charge in [-0.25, -0.2) is 0 Å². The zero-order valence-electron chi connectivity index (χ0n) is 11.5. The molecular weight excluding hydrogens is 242 g/mol. The summed E-state index contributed by atoms with van der Waals surface area (Å²) in [5.41, 5.74) is 1.44. The molecule has 0 spiro atoms. The van der Waals surface area contributed by atoms with Crippen LogP contribution in [0.1, 0.15) is 30.6 Å². The molecule has 5 heteroatoms. The number of rotatable bonds is 7. The van der Waals surface area contributed by atoms with E-state index in [1.165, 1.54) is 0 Å². The molecule has 104 valence electrons. The average Bonchev–Trinajstić information content (AvgIpc) is 2.43. The lowest BCUT2D eigenvalue weighted by molar-refractivity contribution is -0.119. The molecule has 19 heavy (non-hydrogen) atoms. The molecule has 0 radical (unpaired) electrons. The summed E-state index contributed by atoms with van der Waals surface area (Å²) >= 11 is 0. The van der Waals surface area contributed by atoms with Crippen LogP contribution in [0.3, 0.4) is 0 Å². The first kappa shape index (κ1) is 15.0. The summed E-state index contributed by atoms with van der Waals surface area (Å²) in [5.74, 6) is -0.121. The molecule has 1 rings (SSSR count). The van der Waals surface area contributed by atoms with Crippen molar-refractivity contribution in [2.45, 2.75) is 20.3 Å². The standard InChI is InChI=1S/C14H21N3O2/c1-3-9-16-14(19)11-5-7-12(8-6-11)17-10-13(18)15-4-2/h5-8,17H,3-4,9-10H2,1-2H3,(H,15,18)(H,16,19). The Morgan fingerprint density at radius 3 is 2.32 bits per heavy atom. The molecule has 5 nitrogen and oxygen atoms in total. The first-order valence-corrected chi connectivity index (χ1v) is 6.56. The monoisotopic (exact) mass is 263 g/mol. The molecule has 0 saturated heterocycles. The zero-order valence-corrected chi connectivity index (χ0v) is 11.5. The lowest BCUT2D eigenvalue weighted by Gasteiger charge is -2.07. The maximum Gasteiger partial charge on any atom is 0.251 e. The topological polar surface area (TPSA) is 70.2 Å². The molecule has 0 aliphatic carbocycles. The van der Waals surface area contributed by atoms with E-state index in [1.807, 2.05) is 13.8 Å². The van der Waals surface area contributed by atoms with Gasteiger partial charge in [-0.3, -0.25) is 9.59 Å². The Balaban J connectivity index is 2.47. The van der Waals surface area contributed by atoms with Gasteiger partial charge in [0.2, 0.25) is 5.91 Å². The molecule has 0 aliphatic heterocycles. The van der Waals surface area contributed by atoms with E-state index in [9.17, 15) is 9.59 Å². The summed E-state index contributed by atoms with van der Waals surface area (Å²) in [5, 5.41) is 8.51. The van der Waals surface area contributed by atoms with E-state index in [1.54, 1.807) is 24.3 Å². The second kappa shape index (κ2) is 8.13. The van der Waals surface area contributed by atoms with Gasteiger partial charge in [0.15, 0.2) is 0 Å². The molecule has 0 aliphatic rings. The van der Waals surface area contributed by atoms with Gasteiger partial charge in [0.05, 0.1) is 6.54 Å². The van der Waals surface area contributed by atoms with Crippen LogP contribution in [0, 0.1) is 0 Å². The minimum absolute atomic E-state index is 0.0488. The van der Waals surface area contributed by atoms with Crippen LogP contribution in [0.15, 0.2) is 24.3 Å². The van der Waals surface area contributed by atoms with Crippen molar-refractivity contribution in [3.05, 3.63) is 29.8 Å². The van der Waals surface area contributed by atoms with Crippen LogP contribution >= 0.6 is 0 Å². The van der Waals surface area contributed by atoms with Crippen molar-refractivity contribution in [2.75, 3.05) is 25.0 Å². The fourth-order valence-corrected chi connectivity index (χ4v) is 1.52. The molecule has 0 saturated carbocycles. The summed E-state index contributed by atoms with van der Waals surface area (Å²) in [4.78, 5) is 22.9. The molecule has 1 aromatic rings. The normalized spacial score (nSPS) is 9.79. The number of benzene rings is 1. The second-order valence-corrected chi connectivity index (χ2v) is 4.14. The number of carbonyl (C=O) groups excluding carboxylic acids is 2. The summed E-state index contributed by atoms with van der Waals surface area (Å²) in [6.45, 7) is 5.42. The Hall–Kier alpha value is -2.04. The quantitative estimate of drug-likeness (QED) is 0.696. The molecule has 1 aromatic carbocycles. The van der Waals surface area contributed by atoms with Crippen molar-refractivity contribution in [3.63, 3.8) is 0 Å². The molecule has 0 aromatic heterocycles. The average molecular weight is 263 g/mol. The molecule has 0 atom stereocenters. The van der Waals surface area contributed by atoms with Crippen LogP contribution in [0.4, 0.5) is 5.69 Å². The Labute approximate surface area is 113 Å². The van der Waals surface area contributed by atoms with Crippen LogP contribution in [-0.2, 0) is 4.79 Å². The summed E-state index contributed by atoms with van der Waals surface area (Å²) in [6, 6.07) is 7.07. The largest absolute Gasteiger partial charge is 0.376 e. The fraction of sp³-hybridized carbons (Fsp3) is 0.429. The molecule has 3 N–H and O–H groups in total. The van der Waals surface area contributed by atoms with Crippen LogP contribution in [0.5, 0.6) is 0 Å². The van der Waals surface area contributed by atoms with Crippen LogP contribution in [0.2, 0.25) is 0 Å². The van der Waals surface area contributed by atoms with Gasteiger partial charge in [0.1, 0.15) is 0 Å². The third-order valence-electron chi connectivity index (χ3n) is 2.51. The number of amides is 2. The number of hydrogen-bond acceptors (Lipinski definition) is 3. The van der Waals surface area contributed by atoms with E-state index in [4.69, 9.17) is 0 Å². The Bertz CT molecular complexity index is 415. The Kier molecular flexibility index (Phi) is 6.43. The maximum atomic E-state index is 11.7. The molecule has 0 heterocycles. The van der Waals surface area contributed by atoms with Gasteiger partial charge in [-0.05, 0) is 37.6 Å². The minimum atomic E-state index is -0.0721. The zero-order chi connectivity index (χ0) is 14.1. The second-order valence-electron chi connectivity index (χ2n) is 4.14. The maximum absolute atomic E-state index is 11.7. The molecule has 0 fully saturated rings. The van der Waals surface area contributed by atoms with Gasteiger partial charge in [0.25, 0.3) is 5.91 Å². The minimum Gasteiger partial charge on any atom is -0.376 e. The molecule has 0 bridgehead atoms. The van der Waals surface area contributed by atoms with E-state index in [0.29, 0.717) is 18.7 Å². The van der Waals surface area contributed by atoms with Crippen molar-refractivity contribution < 1.29 is 9.59 Å². The summed E-state index contributed by atoms with van der Waals surface area (Å²) in [7, 11) is 0. The number of nitrogens with one attached hydrogen (secondary N) is 3. The first-order valence-electron chi connectivity index (χ1n) is 6.56. The molecule has 2 amide bonds. The predicted molar refractivity (Wildman–Crippen MR) is 76.2 cm³/mol. The predicted octanol–water partition coefficient (Wildman–Crippen LogP) is 1.37. The third-order valence-corrected chi connectivity index (χ3v) is 2.51. The van der Waals surface area contributed by atoms with Gasteiger partial charge < -0.3 is 16.0 Å².